The van der Waals surface area contributed by atoms with E-state index in [0.29, 0.717) is 12.1 Å². The Bertz CT molecular complexity index is 330. The van der Waals surface area contributed by atoms with Crippen LogP contribution in [-0.4, -0.2) is 6.04 Å². The Balaban J connectivity index is 2.69. The van der Waals surface area contributed by atoms with Crippen molar-refractivity contribution in [2.45, 2.75) is 59.5 Å². The molecule has 0 aliphatic heterocycles. The summed E-state index contributed by atoms with van der Waals surface area (Å²) >= 11 is 0. The zero-order valence-corrected chi connectivity index (χ0v) is 11.3. The molecule has 0 amide bonds. The van der Waals surface area contributed by atoms with Gasteiger partial charge in [0, 0.05) is 12.1 Å². The maximum atomic E-state index is 3.66. The van der Waals surface area contributed by atoms with Crippen LogP contribution in [0.15, 0.2) is 18.2 Å². The summed E-state index contributed by atoms with van der Waals surface area (Å²) in [5.41, 5.74) is 4.16. The van der Waals surface area contributed by atoms with Crippen LogP contribution in [0.4, 0.5) is 0 Å². The Morgan fingerprint density at radius 3 is 2.44 bits per heavy atom. The zero-order chi connectivity index (χ0) is 12.1. The predicted molar refractivity (Wildman–Crippen MR) is 71.8 cm³/mol. The first-order chi connectivity index (χ1) is 7.54. The van der Waals surface area contributed by atoms with Crippen molar-refractivity contribution >= 4 is 0 Å². The third-order valence-electron chi connectivity index (χ3n) is 3.15. The van der Waals surface area contributed by atoms with Crippen LogP contribution in [0.25, 0.3) is 0 Å². The number of aryl methyl sites for hydroxylation is 2. The molecule has 0 saturated carbocycles. The zero-order valence-electron chi connectivity index (χ0n) is 11.3. The fourth-order valence-corrected chi connectivity index (χ4v) is 2.34. The lowest BCUT2D eigenvalue weighted by atomic mass is 9.99. The molecule has 0 aliphatic carbocycles. The largest absolute Gasteiger partial charge is 0.308 e. The average molecular weight is 219 g/mol. The molecule has 2 atom stereocenters. The fraction of sp³-hybridized carbons (Fsp3) is 0.600. The van der Waals surface area contributed by atoms with Crippen LogP contribution in [0.1, 0.15) is 56.3 Å². The molecule has 0 heterocycles. The molecule has 2 unspecified atom stereocenters. The summed E-state index contributed by atoms with van der Waals surface area (Å²) in [6, 6.07) is 7.76. The second-order valence-corrected chi connectivity index (χ2v) is 4.94. The smallest absolute Gasteiger partial charge is 0.0296 e. The van der Waals surface area contributed by atoms with Crippen molar-refractivity contribution < 1.29 is 0 Å². The Morgan fingerprint density at radius 2 is 1.88 bits per heavy atom. The minimum absolute atomic E-state index is 0.446. The molecule has 1 heteroatoms. The summed E-state index contributed by atoms with van der Waals surface area (Å²) in [7, 11) is 0. The van der Waals surface area contributed by atoms with Crippen molar-refractivity contribution in [3.63, 3.8) is 0 Å². The van der Waals surface area contributed by atoms with E-state index in [9.17, 15) is 0 Å². The molecule has 0 saturated heterocycles. The quantitative estimate of drug-likeness (QED) is 0.784. The van der Waals surface area contributed by atoms with Crippen LogP contribution in [0.2, 0.25) is 0 Å². The van der Waals surface area contributed by atoms with Gasteiger partial charge in [-0.3, -0.25) is 0 Å². The van der Waals surface area contributed by atoms with Gasteiger partial charge in [0.1, 0.15) is 0 Å². The van der Waals surface area contributed by atoms with Crippen molar-refractivity contribution in [1.29, 1.82) is 0 Å². The van der Waals surface area contributed by atoms with Gasteiger partial charge in [0.05, 0.1) is 0 Å². The second-order valence-electron chi connectivity index (χ2n) is 4.94. The molecule has 0 spiro atoms. The molecular formula is C15H25N. The summed E-state index contributed by atoms with van der Waals surface area (Å²) in [6.45, 7) is 11.1. The Kier molecular flexibility index (Phi) is 5.01. The molecule has 0 bridgehead atoms. The summed E-state index contributed by atoms with van der Waals surface area (Å²) in [5, 5.41) is 3.66. The normalized spacial score (nSPS) is 14.8. The molecule has 0 aliphatic rings. The summed E-state index contributed by atoms with van der Waals surface area (Å²) in [6.07, 6.45) is 2.49. The Labute approximate surface area is 100 Å². The lowest BCUT2D eigenvalue weighted by Crippen LogP contribution is -2.29. The van der Waals surface area contributed by atoms with E-state index in [1.165, 1.54) is 29.5 Å². The lowest BCUT2D eigenvalue weighted by molar-refractivity contribution is 0.452. The topological polar surface area (TPSA) is 12.0 Å². The van der Waals surface area contributed by atoms with Crippen molar-refractivity contribution in [3.8, 4) is 0 Å². The molecule has 1 aromatic carbocycles. The molecule has 1 rings (SSSR count). The number of nitrogens with one attached hydrogen (secondary N) is 1. The fourth-order valence-electron chi connectivity index (χ4n) is 2.34. The highest BCUT2D eigenvalue weighted by Gasteiger charge is 2.10. The number of hydrogen-bond donors (Lipinski definition) is 1. The van der Waals surface area contributed by atoms with Gasteiger partial charge in [-0.15, -0.1) is 0 Å². The third kappa shape index (κ3) is 3.64. The van der Waals surface area contributed by atoms with E-state index >= 15 is 0 Å². The first-order valence-corrected chi connectivity index (χ1v) is 6.37. The van der Waals surface area contributed by atoms with Crippen LogP contribution in [0.3, 0.4) is 0 Å². The second kappa shape index (κ2) is 6.05. The van der Waals surface area contributed by atoms with Gasteiger partial charge >= 0.3 is 0 Å². The molecule has 0 aromatic heterocycles. The molecule has 0 radical (unpaired) electrons. The van der Waals surface area contributed by atoms with Gasteiger partial charge in [0.25, 0.3) is 0 Å². The first-order valence-electron chi connectivity index (χ1n) is 6.37. The minimum Gasteiger partial charge on any atom is -0.308 e. The van der Waals surface area contributed by atoms with Crippen LogP contribution < -0.4 is 5.32 Å². The van der Waals surface area contributed by atoms with Gasteiger partial charge in [0.2, 0.25) is 0 Å². The highest BCUT2D eigenvalue weighted by atomic mass is 14.9. The van der Waals surface area contributed by atoms with E-state index in [1.54, 1.807) is 0 Å². The van der Waals surface area contributed by atoms with E-state index in [2.05, 4.69) is 58.1 Å². The molecular weight excluding hydrogens is 194 g/mol. The van der Waals surface area contributed by atoms with Gasteiger partial charge in [0.15, 0.2) is 0 Å². The van der Waals surface area contributed by atoms with Crippen LogP contribution in [-0.2, 0) is 0 Å². The predicted octanol–water partition coefficient (Wildman–Crippen LogP) is 4.14. The molecule has 16 heavy (non-hydrogen) atoms. The van der Waals surface area contributed by atoms with Gasteiger partial charge in [-0.05, 0) is 45.2 Å². The molecule has 1 N–H and O–H groups in total. The van der Waals surface area contributed by atoms with Crippen molar-refractivity contribution in [2.24, 2.45) is 0 Å². The monoisotopic (exact) mass is 219 g/mol. The van der Waals surface area contributed by atoms with Gasteiger partial charge in [-0.1, -0.05) is 37.1 Å². The Morgan fingerprint density at radius 1 is 1.19 bits per heavy atom. The van der Waals surface area contributed by atoms with Gasteiger partial charge < -0.3 is 5.32 Å². The number of benzene rings is 1. The molecule has 0 fully saturated rings. The van der Waals surface area contributed by atoms with Crippen LogP contribution in [0.5, 0.6) is 0 Å². The van der Waals surface area contributed by atoms with Crippen molar-refractivity contribution in [2.75, 3.05) is 0 Å². The van der Waals surface area contributed by atoms with Crippen LogP contribution in [0, 0.1) is 13.8 Å². The van der Waals surface area contributed by atoms with Crippen molar-refractivity contribution in [3.05, 3.63) is 34.9 Å². The molecule has 90 valence electrons. The summed E-state index contributed by atoms with van der Waals surface area (Å²) < 4.78 is 0. The summed E-state index contributed by atoms with van der Waals surface area (Å²) in [5.74, 6) is 0. The van der Waals surface area contributed by atoms with Crippen LogP contribution >= 0.6 is 0 Å². The summed E-state index contributed by atoms with van der Waals surface area (Å²) in [4.78, 5) is 0. The number of rotatable bonds is 5. The maximum absolute atomic E-state index is 3.66. The lowest BCUT2D eigenvalue weighted by Gasteiger charge is -2.21. The van der Waals surface area contributed by atoms with E-state index in [-0.39, 0.29) is 0 Å². The molecule has 1 nitrogen and oxygen atoms in total. The van der Waals surface area contributed by atoms with E-state index in [1.807, 2.05) is 0 Å². The standard InChI is InChI=1S/C15H25N/c1-6-7-13(4)16-14(5)15-9-8-11(2)10-12(15)3/h8-10,13-14,16H,6-7H2,1-5H3. The van der Waals surface area contributed by atoms with E-state index < -0.39 is 0 Å². The van der Waals surface area contributed by atoms with E-state index in [4.69, 9.17) is 0 Å². The maximum Gasteiger partial charge on any atom is 0.0296 e. The van der Waals surface area contributed by atoms with Crippen molar-refractivity contribution in [1.82, 2.24) is 5.32 Å². The van der Waals surface area contributed by atoms with Gasteiger partial charge in [-0.2, -0.15) is 0 Å². The highest BCUT2D eigenvalue weighted by molar-refractivity contribution is 5.32. The number of hydrogen-bond acceptors (Lipinski definition) is 1. The molecule has 1 aromatic rings. The SMILES string of the molecule is CCCC(C)NC(C)c1ccc(C)cc1C. The Hall–Kier alpha value is -0.820. The third-order valence-corrected chi connectivity index (χ3v) is 3.15. The first kappa shape index (κ1) is 13.2. The van der Waals surface area contributed by atoms with Gasteiger partial charge in [-0.25, -0.2) is 0 Å². The average Bonchev–Trinajstić information content (AvgIpc) is 2.17. The highest BCUT2D eigenvalue weighted by Crippen LogP contribution is 2.19. The minimum atomic E-state index is 0.446. The van der Waals surface area contributed by atoms with E-state index in [0.717, 1.165) is 0 Å².